The third-order valence-corrected chi connectivity index (χ3v) is 6.43. The molecular weight excluding hydrogens is 362 g/mol. The van der Waals surface area contributed by atoms with Crippen LogP contribution in [0.2, 0.25) is 0 Å². The van der Waals surface area contributed by atoms with Crippen LogP contribution in [0.5, 0.6) is 0 Å². The second-order valence-corrected chi connectivity index (χ2v) is 8.30. The fourth-order valence-electron chi connectivity index (χ4n) is 2.69. The highest BCUT2D eigenvalue weighted by Crippen LogP contribution is 2.16. The van der Waals surface area contributed by atoms with Gasteiger partial charge in [-0.2, -0.15) is 4.31 Å². The van der Waals surface area contributed by atoms with Gasteiger partial charge in [-0.3, -0.25) is 4.79 Å². The number of nitrogens with zero attached hydrogens (tertiary/aromatic N) is 2. The number of rotatable bonds is 8. The molecule has 0 saturated heterocycles. The fourth-order valence-corrected chi connectivity index (χ4v) is 4.15. The van der Waals surface area contributed by atoms with E-state index in [0.29, 0.717) is 25.2 Å². The summed E-state index contributed by atoms with van der Waals surface area (Å²) in [6.45, 7) is 4.83. The van der Waals surface area contributed by atoms with Crippen molar-refractivity contribution in [1.29, 1.82) is 0 Å². The molecule has 0 radical (unpaired) electrons. The van der Waals surface area contributed by atoms with Crippen LogP contribution >= 0.6 is 0 Å². The summed E-state index contributed by atoms with van der Waals surface area (Å²) < 4.78 is 26.4. The molecule has 146 valence electrons. The third-order valence-electron chi connectivity index (χ3n) is 4.37. The van der Waals surface area contributed by atoms with Crippen LogP contribution in [0.25, 0.3) is 0 Å². The van der Waals surface area contributed by atoms with Crippen molar-refractivity contribution in [1.82, 2.24) is 9.62 Å². The predicted octanol–water partition coefficient (Wildman–Crippen LogP) is 2.71. The Kier molecular flexibility index (Phi) is 6.98. The number of nitrogens with one attached hydrogen (secondary N) is 1. The second-order valence-electron chi connectivity index (χ2n) is 6.36. The van der Waals surface area contributed by atoms with Gasteiger partial charge in [-0.1, -0.05) is 26.0 Å². The molecule has 0 spiro atoms. The Morgan fingerprint density at radius 3 is 1.96 bits per heavy atom. The normalized spacial score (nSPS) is 11.4. The molecule has 2 rings (SSSR count). The third kappa shape index (κ3) is 5.08. The zero-order valence-electron chi connectivity index (χ0n) is 16.3. The van der Waals surface area contributed by atoms with Crippen molar-refractivity contribution in [2.45, 2.75) is 25.3 Å². The van der Waals surface area contributed by atoms with E-state index in [1.54, 1.807) is 36.4 Å². The van der Waals surface area contributed by atoms with Crippen molar-refractivity contribution in [3.05, 3.63) is 59.7 Å². The van der Waals surface area contributed by atoms with E-state index in [4.69, 9.17) is 0 Å². The van der Waals surface area contributed by atoms with Crippen LogP contribution in [-0.4, -0.2) is 45.8 Å². The molecule has 0 fully saturated rings. The smallest absolute Gasteiger partial charge is 0.251 e. The predicted molar refractivity (Wildman–Crippen MR) is 108 cm³/mol. The molecule has 2 aromatic rings. The first kappa shape index (κ1) is 20.9. The fraction of sp³-hybridized carbons (Fsp3) is 0.350. The first-order valence-corrected chi connectivity index (χ1v) is 10.4. The van der Waals surface area contributed by atoms with Gasteiger partial charge in [0.2, 0.25) is 10.0 Å². The van der Waals surface area contributed by atoms with Crippen molar-refractivity contribution in [3.8, 4) is 0 Å². The number of anilines is 1. The standard InChI is InChI=1S/C20H27N3O3S/c1-5-23(6-2)27(25,26)19-13-7-16(8-14-19)15-21-20(24)17-9-11-18(12-10-17)22(3)4/h7-14H,5-6,15H2,1-4H3,(H,21,24). The van der Waals surface area contributed by atoms with Crippen molar-refractivity contribution < 1.29 is 13.2 Å². The topological polar surface area (TPSA) is 69.7 Å². The maximum Gasteiger partial charge on any atom is 0.251 e. The Labute approximate surface area is 161 Å². The molecule has 0 aliphatic rings. The molecule has 1 N–H and O–H groups in total. The summed E-state index contributed by atoms with van der Waals surface area (Å²) in [5, 5.41) is 2.85. The van der Waals surface area contributed by atoms with Gasteiger partial charge in [0, 0.05) is 45.0 Å². The van der Waals surface area contributed by atoms with Crippen LogP contribution in [0.4, 0.5) is 5.69 Å². The number of benzene rings is 2. The Morgan fingerprint density at radius 1 is 0.926 bits per heavy atom. The molecule has 1 amide bonds. The van der Waals surface area contributed by atoms with E-state index in [2.05, 4.69) is 5.32 Å². The van der Waals surface area contributed by atoms with E-state index in [-0.39, 0.29) is 10.8 Å². The van der Waals surface area contributed by atoms with E-state index in [9.17, 15) is 13.2 Å². The molecule has 27 heavy (non-hydrogen) atoms. The van der Waals surface area contributed by atoms with E-state index in [1.165, 1.54) is 4.31 Å². The Balaban J connectivity index is 2.01. The monoisotopic (exact) mass is 389 g/mol. The summed E-state index contributed by atoms with van der Waals surface area (Å²) in [7, 11) is 0.426. The van der Waals surface area contributed by atoms with E-state index < -0.39 is 10.0 Å². The van der Waals surface area contributed by atoms with E-state index in [0.717, 1.165) is 11.3 Å². The van der Waals surface area contributed by atoms with Crippen molar-refractivity contribution in [3.63, 3.8) is 0 Å². The molecule has 0 saturated carbocycles. The number of amides is 1. The second kappa shape index (κ2) is 9.01. The summed E-state index contributed by atoms with van der Waals surface area (Å²) in [5.41, 5.74) is 2.45. The molecule has 0 heterocycles. The minimum Gasteiger partial charge on any atom is -0.378 e. The van der Waals surface area contributed by atoms with Gasteiger partial charge in [0.25, 0.3) is 5.91 Å². The van der Waals surface area contributed by atoms with Crippen molar-refractivity contribution in [2.75, 3.05) is 32.1 Å². The lowest BCUT2D eigenvalue weighted by Gasteiger charge is -2.18. The zero-order valence-corrected chi connectivity index (χ0v) is 17.1. The van der Waals surface area contributed by atoms with Crippen molar-refractivity contribution >= 4 is 21.6 Å². The van der Waals surface area contributed by atoms with E-state index >= 15 is 0 Å². The summed E-state index contributed by atoms with van der Waals surface area (Å²) in [6, 6.07) is 14.0. The van der Waals surface area contributed by atoms with E-state index in [1.807, 2.05) is 45.0 Å². The lowest BCUT2D eigenvalue weighted by Crippen LogP contribution is -2.30. The summed E-state index contributed by atoms with van der Waals surface area (Å²) in [4.78, 5) is 14.5. The van der Waals surface area contributed by atoms with Gasteiger partial charge in [-0.25, -0.2) is 8.42 Å². The molecule has 0 unspecified atom stereocenters. The number of sulfonamides is 1. The van der Waals surface area contributed by atoms with Gasteiger partial charge >= 0.3 is 0 Å². The molecule has 2 aromatic carbocycles. The summed E-state index contributed by atoms with van der Waals surface area (Å²) in [5.74, 6) is -0.167. The molecule has 0 atom stereocenters. The highest BCUT2D eigenvalue weighted by molar-refractivity contribution is 7.89. The SMILES string of the molecule is CCN(CC)S(=O)(=O)c1ccc(CNC(=O)c2ccc(N(C)C)cc2)cc1. The lowest BCUT2D eigenvalue weighted by atomic mass is 10.1. The van der Waals surface area contributed by atoms with Gasteiger partial charge in [0.05, 0.1) is 4.90 Å². The summed E-state index contributed by atoms with van der Waals surface area (Å²) >= 11 is 0. The van der Waals surface area contributed by atoms with Gasteiger partial charge in [0.1, 0.15) is 0 Å². The molecule has 0 bridgehead atoms. The minimum absolute atomic E-state index is 0.167. The van der Waals surface area contributed by atoms with Crippen molar-refractivity contribution in [2.24, 2.45) is 0 Å². The first-order valence-electron chi connectivity index (χ1n) is 8.94. The number of carbonyl (C=O) groups is 1. The van der Waals surface area contributed by atoms with Crippen LogP contribution in [-0.2, 0) is 16.6 Å². The Morgan fingerprint density at radius 2 is 1.48 bits per heavy atom. The van der Waals surface area contributed by atoms with Crippen LogP contribution in [0, 0.1) is 0 Å². The van der Waals surface area contributed by atoms with Crippen LogP contribution in [0.3, 0.4) is 0 Å². The Hall–Kier alpha value is -2.38. The maximum atomic E-state index is 12.5. The van der Waals surface area contributed by atoms with Gasteiger partial charge in [0.15, 0.2) is 0 Å². The average molecular weight is 390 g/mol. The highest BCUT2D eigenvalue weighted by Gasteiger charge is 2.21. The van der Waals surface area contributed by atoms with Gasteiger partial charge in [-0.15, -0.1) is 0 Å². The largest absolute Gasteiger partial charge is 0.378 e. The number of carbonyl (C=O) groups excluding carboxylic acids is 1. The molecule has 0 aromatic heterocycles. The average Bonchev–Trinajstić information content (AvgIpc) is 2.67. The summed E-state index contributed by atoms with van der Waals surface area (Å²) in [6.07, 6.45) is 0. The molecule has 6 nitrogen and oxygen atoms in total. The van der Waals surface area contributed by atoms with Crippen LogP contribution in [0.1, 0.15) is 29.8 Å². The quantitative estimate of drug-likeness (QED) is 0.754. The minimum atomic E-state index is -3.46. The maximum absolute atomic E-state index is 12.5. The first-order chi connectivity index (χ1) is 12.8. The molecule has 7 heteroatoms. The highest BCUT2D eigenvalue weighted by atomic mass is 32.2. The Bertz CT molecular complexity index is 856. The lowest BCUT2D eigenvalue weighted by molar-refractivity contribution is 0.0951. The van der Waals surface area contributed by atoms with Crippen LogP contribution < -0.4 is 10.2 Å². The van der Waals surface area contributed by atoms with Crippen LogP contribution in [0.15, 0.2) is 53.4 Å². The van der Waals surface area contributed by atoms with Gasteiger partial charge in [-0.05, 0) is 42.0 Å². The van der Waals surface area contributed by atoms with Gasteiger partial charge < -0.3 is 10.2 Å². The molecular formula is C20H27N3O3S. The number of hydrogen-bond donors (Lipinski definition) is 1. The molecule has 0 aliphatic carbocycles. The number of hydrogen-bond acceptors (Lipinski definition) is 4. The molecule has 0 aliphatic heterocycles. The zero-order chi connectivity index (χ0) is 20.0.